The second-order valence-corrected chi connectivity index (χ2v) is 7.94. The number of hydrazone groups is 1. The number of hydrogen-bond acceptors (Lipinski definition) is 5. The maximum Gasteiger partial charge on any atom is 0.257 e. The molecule has 7 nitrogen and oxygen atoms in total. The summed E-state index contributed by atoms with van der Waals surface area (Å²) in [4.78, 5) is 27.1. The molecule has 1 fully saturated rings. The van der Waals surface area contributed by atoms with Crippen LogP contribution in [0.1, 0.15) is 35.2 Å². The highest BCUT2D eigenvalue weighted by molar-refractivity contribution is 6.33. The van der Waals surface area contributed by atoms with Gasteiger partial charge in [0.1, 0.15) is 0 Å². The molecule has 2 aromatic carbocycles. The van der Waals surface area contributed by atoms with Gasteiger partial charge < -0.3 is 10.1 Å². The van der Waals surface area contributed by atoms with Gasteiger partial charge in [-0.1, -0.05) is 48.0 Å². The molecule has 0 aliphatic carbocycles. The van der Waals surface area contributed by atoms with Gasteiger partial charge in [0.25, 0.3) is 11.8 Å². The average Bonchev–Trinajstić information content (AvgIpc) is 2.83. The topological polar surface area (TPSA) is 83.0 Å². The molecule has 1 aliphatic rings. The van der Waals surface area contributed by atoms with Gasteiger partial charge >= 0.3 is 0 Å². The van der Waals surface area contributed by atoms with Crippen LogP contribution in [-0.4, -0.2) is 61.8 Å². The van der Waals surface area contributed by atoms with Gasteiger partial charge in [-0.25, -0.2) is 5.43 Å². The summed E-state index contributed by atoms with van der Waals surface area (Å²) in [5, 5.41) is 7.60. The van der Waals surface area contributed by atoms with Crippen molar-refractivity contribution in [1.29, 1.82) is 0 Å². The lowest BCUT2D eigenvalue weighted by atomic mass is 10.1. The fourth-order valence-electron chi connectivity index (χ4n) is 3.54. The number of amides is 2. The lowest BCUT2D eigenvalue weighted by Crippen LogP contribution is -2.50. The van der Waals surface area contributed by atoms with E-state index in [-0.39, 0.29) is 17.9 Å². The quantitative estimate of drug-likeness (QED) is 0.327. The molecule has 0 bridgehead atoms. The van der Waals surface area contributed by atoms with Crippen molar-refractivity contribution in [2.75, 3.05) is 32.8 Å². The van der Waals surface area contributed by atoms with E-state index in [9.17, 15) is 9.59 Å². The first kappa shape index (κ1) is 23.9. The number of unbranched alkanes of at least 4 members (excludes halogenated alkanes) is 1. The number of carbonyl (C=O) groups excluding carboxylic acids is 2. The Morgan fingerprint density at radius 1 is 1.06 bits per heavy atom. The maximum atomic E-state index is 12.9. The van der Waals surface area contributed by atoms with Crippen LogP contribution in [0.25, 0.3) is 0 Å². The minimum Gasteiger partial charge on any atom is -0.379 e. The predicted molar refractivity (Wildman–Crippen MR) is 126 cm³/mol. The van der Waals surface area contributed by atoms with Gasteiger partial charge in [0.05, 0.1) is 25.5 Å². The number of halogens is 1. The van der Waals surface area contributed by atoms with Gasteiger partial charge in [0.15, 0.2) is 0 Å². The molecule has 32 heavy (non-hydrogen) atoms. The molecule has 8 heteroatoms. The average molecular weight is 457 g/mol. The first-order chi connectivity index (χ1) is 15.6. The molecule has 170 valence electrons. The van der Waals surface area contributed by atoms with Crippen LogP contribution in [0, 0.1) is 0 Å². The Morgan fingerprint density at radius 2 is 1.78 bits per heavy atom. The minimum atomic E-state index is -0.299. The number of hydrogen-bond donors (Lipinski definition) is 2. The van der Waals surface area contributed by atoms with E-state index in [1.807, 2.05) is 36.4 Å². The molecule has 2 N–H and O–H groups in total. The highest BCUT2D eigenvalue weighted by Crippen LogP contribution is 2.13. The number of carbonyl (C=O) groups is 2. The van der Waals surface area contributed by atoms with E-state index in [2.05, 4.69) is 20.7 Å². The van der Waals surface area contributed by atoms with Crippen molar-refractivity contribution >= 4 is 29.6 Å². The fourth-order valence-corrected chi connectivity index (χ4v) is 3.73. The first-order valence-corrected chi connectivity index (χ1v) is 11.3. The highest BCUT2D eigenvalue weighted by atomic mass is 35.5. The van der Waals surface area contributed by atoms with E-state index in [1.54, 1.807) is 24.4 Å². The Morgan fingerprint density at radius 3 is 2.53 bits per heavy atom. The van der Waals surface area contributed by atoms with Crippen LogP contribution in [0.4, 0.5) is 0 Å². The third-order valence-electron chi connectivity index (χ3n) is 5.30. The fraction of sp³-hybridized carbons (Fsp3) is 0.375. The van der Waals surface area contributed by atoms with Gasteiger partial charge in [-0.2, -0.15) is 5.10 Å². The largest absolute Gasteiger partial charge is 0.379 e. The molecule has 3 rings (SSSR count). The minimum absolute atomic E-state index is 0.0815. The van der Waals surface area contributed by atoms with Gasteiger partial charge in [-0.05, 0) is 37.5 Å². The standard InChI is InChI=1S/C24H29ClN4O3/c25-21-11-5-4-10-20(21)18-27-28-24(31)22(29-14-16-32-17-15-29)12-6-7-13-26-23(30)19-8-2-1-3-9-19/h1-5,8-11,18,22H,6-7,12-17H2,(H,26,30)(H,28,31)/b27-18+. The summed E-state index contributed by atoms with van der Waals surface area (Å²) in [6.45, 7) is 3.20. The Hall–Kier alpha value is -2.74. The zero-order chi connectivity index (χ0) is 22.6. The zero-order valence-corrected chi connectivity index (χ0v) is 18.8. The number of nitrogens with one attached hydrogen (secondary N) is 2. The smallest absolute Gasteiger partial charge is 0.257 e. The van der Waals surface area contributed by atoms with Crippen LogP contribution in [0.3, 0.4) is 0 Å². The molecule has 0 aromatic heterocycles. The predicted octanol–water partition coefficient (Wildman–Crippen LogP) is 3.09. The van der Waals surface area contributed by atoms with Crippen LogP contribution in [0.5, 0.6) is 0 Å². The Bertz CT molecular complexity index is 901. The van der Waals surface area contributed by atoms with Crippen molar-refractivity contribution in [3.63, 3.8) is 0 Å². The molecule has 1 saturated heterocycles. The monoisotopic (exact) mass is 456 g/mol. The number of ether oxygens (including phenoxy) is 1. The summed E-state index contributed by atoms with van der Waals surface area (Å²) in [5.74, 6) is -0.231. The summed E-state index contributed by atoms with van der Waals surface area (Å²) in [6.07, 6.45) is 3.82. The second kappa shape index (κ2) is 13.0. The molecule has 1 heterocycles. The van der Waals surface area contributed by atoms with Crippen molar-refractivity contribution in [3.05, 3.63) is 70.7 Å². The van der Waals surface area contributed by atoms with Gasteiger partial charge in [0.2, 0.25) is 0 Å². The molecular weight excluding hydrogens is 428 g/mol. The van der Waals surface area contributed by atoms with E-state index in [1.165, 1.54) is 0 Å². The number of nitrogens with zero attached hydrogens (tertiary/aromatic N) is 2. The van der Waals surface area contributed by atoms with Crippen molar-refractivity contribution < 1.29 is 14.3 Å². The molecule has 1 atom stereocenters. The summed E-state index contributed by atoms with van der Waals surface area (Å²) in [5.41, 5.74) is 4.05. The summed E-state index contributed by atoms with van der Waals surface area (Å²) >= 11 is 6.13. The number of morpholine rings is 1. The van der Waals surface area contributed by atoms with E-state index < -0.39 is 0 Å². The maximum absolute atomic E-state index is 12.9. The highest BCUT2D eigenvalue weighted by Gasteiger charge is 2.26. The second-order valence-electron chi connectivity index (χ2n) is 7.54. The Kier molecular flexibility index (Phi) is 9.68. The van der Waals surface area contributed by atoms with Crippen molar-refractivity contribution in [2.45, 2.75) is 25.3 Å². The SMILES string of the molecule is O=C(NCCCCC(C(=O)N/N=C/c1ccccc1Cl)N1CCOCC1)c1ccccc1. The summed E-state index contributed by atoms with van der Waals surface area (Å²) in [7, 11) is 0. The number of rotatable bonds is 10. The lowest BCUT2D eigenvalue weighted by Gasteiger charge is -2.33. The third-order valence-corrected chi connectivity index (χ3v) is 5.64. The molecule has 2 amide bonds. The van der Waals surface area contributed by atoms with Gasteiger partial charge in [0, 0.05) is 35.8 Å². The first-order valence-electron chi connectivity index (χ1n) is 10.9. The van der Waals surface area contributed by atoms with Crippen molar-refractivity contribution in [2.24, 2.45) is 5.10 Å². The van der Waals surface area contributed by atoms with Crippen LogP contribution < -0.4 is 10.7 Å². The molecule has 0 spiro atoms. The molecule has 1 unspecified atom stereocenters. The molecule has 0 saturated carbocycles. The van der Waals surface area contributed by atoms with Gasteiger partial charge in [-0.15, -0.1) is 0 Å². The van der Waals surface area contributed by atoms with E-state index in [0.717, 1.165) is 18.4 Å². The summed E-state index contributed by atoms with van der Waals surface area (Å²) in [6, 6.07) is 16.2. The van der Waals surface area contributed by atoms with E-state index in [0.29, 0.717) is 49.9 Å². The van der Waals surface area contributed by atoms with Crippen molar-refractivity contribution in [3.8, 4) is 0 Å². The van der Waals surface area contributed by atoms with Crippen LogP contribution >= 0.6 is 11.6 Å². The summed E-state index contributed by atoms with van der Waals surface area (Å²) < 4.78 is 5.43. The Labute approximate surface area is 193 Å². The third kappa shape index (κ3) is 7.44. The number of benzene rings is 2. The molecule has 1 aliphatic heterocycles. The van der Waals surface area contributed by atoms with Crippen LogP contribution in [0.15, 0.2) is 59.7 Å². The molecule has 2 aromatic rings. The van der Waals surface area contributed by atoms with Gasteiger partial charge in [-0.3, -0.25) is 14.5 Å². The molecule has 0 radical (unpaired) electrons. The molecular formula is C24H29ClN4O3. The lowest BCUT2D eigenvalue weighted by molar-refractivity contribution is -0.128. The van der Waals surface area contributed by atoms with Crippen LogP contribution in [0.2, 0.25) is 5.02 Å². The van der Waals surface area contributed by atoms with E-state index >= 15 is 0 Å². The van der Waals surface area contributed by atoms with Crippen molar-refractivity contribution in [1.82, 2.24) is 15.6 Å². The van der Waals surface area contributed by atoms with E-state index in [4.69, 9.17) is 16.3 Å². The van der Waals surface area contributed by atoms with Crippen LogP contribution in [-0.2, 0) is 9.53 Å². The Balaban J connectivity index is 1.48. The zero-order valence-electron chi connectivity index (χ0n) is 18.0. The normalized spacial score (nSPS) is 15.4.